The topological polar surface area (TPSA) is 96.3 Å². The minimum atomic E-state index is -4.09. The third-order valence-electron chi connectivity index (χ3n) is 4.20. The highest BCUT2D eigenvalue weighted by Gasteiger charge is 2.19. The highest BCUT2D eigenvalue weighted by Crippen LogP contribution is 2.25. The first-order chi connectivity index (χ1) is 14.8. The third kappa shape index (κ3) is 5.72. The van der Waals surface area contributed by atoms with E-state index >= 15 is 0 Å². The van der Waals surface area contributed by atoms with E-state index in [2.05, 4.69) is 5.32 Å². The van der Waals surface area contributed by atoms with Gasteiger partial charge in [-0.05, 0) is 55.5 Å². The standard InChI is InChI=1S/C23H17ClN2O4S/c1-16-6-12-21(13-7-16)31(28,29)30-22-5-3-2-4-17(22)14-18(15-25)23(27)26-20-10-8-19(24)9-11-20/h2-14H,1H3,(H,26,27)/b18-14+. The van der Waals surface area contributed by atoms with Crippen LogP contribution in [0.1, 0.15) is 11.1 Å². The van der Waals surface area contributed by atoms with E-state index < -0.39 is 16.0 Å². The Morgan fingerprint density at radius 2 is 1.68 bits per heavy atom. The summed E-state index contributed by atoms with van der Waals surface area (Å²) in [6.07, 6.45) is 1.27. The molecule has 0 bridgehead atoms. The Balaban J connectivity index is 1.88. The summed E-state index contributed by atoms with van der Waals surface area (Å²) >= 11 is 5.83. The average Bonchev–Trinajstić information content (AvgIpc) is 2.74. The molecule has 6 nitrogen and oxygen atoms in total. The Morgan fingerprint density at radius 3 is 2.32 bits per heavy atom. The van der Waals surface area contributed by atoms with Crippen molar-refractivity contribution in [3.63, 3.8) is 0 Å². The van der Waals surface area contributed by atoms with Gasteiger partial charge in [-0.1, -0.05) is 47.5 Å². The molecule has 0 radical (unpaired) electrons. The number of carbonyl (C=O) groups excluding carboxylic acids is 1. The summed E-state index contributed by atoms with van der Waals surface area (Å²) in [6, 6.07) is 20.7. The second kappa shape index (κ2) is 9.47. The van der Waals surface area contributed by atoms with Crippen LogP contribution in [-0.4, -0.2) is 14.3 Å². The van der Waals surface area contributed by atoms with Crippen LogP contribution in [0.4, 0.5) is 5.69 Å². The quantitative estimate of drug-likeness (QED) is 0.324. The number of aryl methyl sites for hydroxylation is 1. The van der Waals surface area contributed by atoms with Crippen LogP contribution in [0.25, 0.3) is 6.08 Å². The van der Waals surface area contributed by atoms with Gasteiger partial charge < -0.3 is 9.50 Å². The van der Waals surface area contributed by atoms with Gasteiger partial charge in [0.15, 0.2) is 0 Å². The zero-order chi connectivity index (χ0) is 22.4. The Labute approximate surface area is 185 Å². The van der Waals surface area contributed by atoms with E-state index in [0.717, 1.165) is 5.56 Å². The largest absolute Gasteiger partial charge is 0.378 e. The summed E-state index contributed by atoms with van der Waals surface area (Å²) in [5.41, 5.74) is 1.41. The first-order valence-electron chi connectivity index (χ1n) is 9.07. The smallest absolute Gasteiger partial charge is 0.339 e. The normalized spacial score (nSPS) is 11.5. The van der Waals surface area contributed by atoms with E-state index in [1.165, 1.54) is 24.3 Å². The predicted octanol–water partition coefficient (Wildman–Crippen LogP) is 4.96. The van der Waals surface area contributed by atoms with Gasteiger partial charge in [-0.2, -0.15) is 13.7 Å². The van der Waals surface area contributed by atoms with Gasteiger partial charge in [0.1, 0.15) is 22.3 Å². The van der Waals surface area contributed by atoms with E-state index in [1.807, 2.05) is 13.0 Å². The maximum absolute atomic E-state index is 12.6. The molecule has 8 heteroatoms. The zero-order valence-electron chi connectivity index (χ0n) is 16.4. The summed E-state index contributed by atoms with van der Waals surface area (Å²) in [4.78, 5) is 12.5. The fourth-order valence-electron chi connectivity index (χ4n) is 2.58. The lowest BCUT2D eigenvalue weighted by molar-refractivity contribution is -0.112. The maximum atomic E-state index is 12.6. The van der Waals surface area contributed by atoms with Crippen LogP contribution in [0.3, 0.4) is 0 Å². The second-order valence-electron chi connectivity index (χ2n) is 6.52. The second-order valence-corrected chi connectivity index (χ2v) is 8.50. The number of benzene rings is 3. The van der Waals surface area contributed by atoms with Crippen molar-refractivity contribution in [1.29, 1.82) is 5.26 Å². The van der Waals surface area contributed by atoms with E-state index in [4.69, 9.17) is 15.8 Å². The van der Waals surface area contributed by atoms with Crippen molar-refractivity contribution in [2.75, 3.05) is 5.32 Å². The van der Waals surface area contributed by atoms with Gasteiger partial charge >= 0.3 is 10.1 Å². The molecule has 0 unspecified atom stereocenters. The Morgan fingerprint density at radius 1 is 1.03 bits per heavy atom. The van der Waals surface area contributed by atoms with Crippen molar-refractivity contribution >= 4 is 39.4 Å². The first kappa shape index (κ1) is 22.1. The lowest BCUT2D eigenvalue weighted by Gasteiger charge is -2.10. The number of rotatable bonds is 6. The number of nitrogens with zero attached hydrogens (tertiary/aromatic N) is 1. The molecule has 0 fully saturated rings. The zero-order valence-corrected chi connectivity index (χ0v) is 17.9. The van der Waals surface area contributed by atoms with Gasteiger partial charge in [0, 0.05) is 16.3 Å². The van der Waals surface area contributed by atoms with Gasteiger partial charge in [-0.15, -0.1) is 0 Å². The molecule has 156 valence electrons. The molecular weight excluding hydrogens is 436 g/mol. The summed E-state index contributed by atoms with van der Waals surface area (Å²) in [6.45, 7) is 1.84. The van der Waals surface area contributed by atoms with Crippen LogP contribution < -0.4 is 9.50 Å². The van der Waals surface area contributed by atoms with Crippen LogP contribution in [0.5, 0.6) is 5.75 Å². The number of anilines is 1. The number of hydrogen-bond acceptors (Lipinski definition) is 5. The van der Waals surface area contributed by atoms with Crippen molar-refractivity contribution in [2.24, 2.45) is 0 Å². The molecule has 0 saturated heterocycles. The highest BCUT2D eigenvalue weighted by molar-refractivity contribution is 7.87. The van der Waals surface area contributed by atoms with Crippen LogP contribution in [0, 0.1) is 18.3 Å². The van der Waals surface area contributed by atoms with Crippen LogP contribution in [-0.2, 0) is 14.9 Å². The number of halogens is 1. The minimum absolute atomic E-state index is 0.00197. The molecule has 0 atom stereocenters. The molecule has 1 amide bonds. The lowest BCUT2D eigenvalue weighted by atomic mass is 10.1. The predicted molar refractivity (Wildman–Crippen MR) is 119 cm³/mol. The Bertz CT molecular complexity index is 1280. The SMILES string of the molecule is Cc1ccc(S(=O)(=O)Oc2ccccc2/C=C(\C#N)C(=O)Nc2ccc(Cl)cc2)cc1. The van der Waals surface area contributed by atoms with Crippen LogP contribution in [0.15, 0.2) is 83.3 Å². The molecule has 0 aliphatic rings. The molecule has 0 aliphatic heterocycles. The number of hydrogen-bond donors (Lipinski definition) is 1. The van der Waals surface area contributed by atoms with Crippen molar-refractivity contribution < 1.29 is 17.4 Å². The fraction of sp³-hybridized carbons (Fsp3) is 0.0435. The molecule has 0 saturated carbocycles. The van der Waals surface area contributed by atoms with E-state index in [0.29, 0.717) is 10.7 Å². The minimum Gasteiger partial charge on any atom is -0.378 e. The van der Waals surface area contributed by atoms with Gasteiger partial charge in [0.2, 0.25) is 0 Å². The number of para-hydroxylation sites is 1. The summed E-state index contributed by atoms with van der Waals surface area (Å²) in [7, 11) is -4.09. The molecular formula is C23H17ClN2O4S. The van der Waals surface area contributed by atoms with E-state index in [1.54, 1.807) is 54.6 Å². The van der Waals surface area contributed by atoms with Gasteiger partial charge in [-0.25, -0.2) is 0 Å². The summed E-state index contributed by atoms with van der Waals surface area (Å²) in [5.74, 6) is -0.656. The maximum Gasteiger partial charge on any atom is 0.339 e. The lowest BCUT2D eigenvalue weighted by Crippen LogP contribution is -2.14. The third-order valence-corrected chi connectivity index (χ3v) is 5.70. The number of amides is 1. The van der Waals surface area contributed by atoms with Crippen molar-refractivity contribution in [2.45, 2.75) is 11.8 Å². The van der Waals surface area contributed by atoms with Crippen molar-refractivity contribution in [3.8, 4) is 11.8 Å². The van der Waals surface area contributed by atoms with E-state index in [-0.39, 0.29) is 21.8 Å². The van der Waals surface area contributed by atoms with Crippen LogP contribution in [0.2, 0.25) is 5.02 Å². The van der Waals surface area contributed by atoms with Crippen LogP contribution >= 0.6 is 11.6 Å². The van der Waals surface area contributed by atoms with Gasteiger partial charge in [0.25, 0.3) is 5.91 Å². The number of nitriles is 1. The molecule has 0 aromatic heterocycles. The molecule has 0 heterocycles. The number of nitrogens with one attached hydrogen (secondary N) is 1. The van der Waals surface area contributed by atoms with Gasteiger partial charge in [0.05, 0.1) is 0 Å². The molecule has 0 aliphatic carbocycles. The molecule has 3 aromatic carbocycles. The molecule has 0 spiro atoms. The Kier molecular flexibility index (Phi) is 6.75. The number of carbonyl (C=O) groups is 1. The van der Waals surface area contributed by atoms with Gasteiger partial charge in [-0.3, -0.25) is 4.79 Å². The summed E-state index contributed by atoms with van der Waals surface area (Å²) < 4.78 is 30.5. The fourth-order valence-corrected chi connectivity index (χ4v) is 3.66. The van der Waals surface area contributed by atoms with Crippen molar-refractivity contribution in [3.05, 3.63) is 94.5 Å². The van der Waals surface area contributed by atoms with Crippen molar-refractivity contribution in [1.82, 2.24) is 0 Å². The highest BCUT2D eigenvalue weighted by atomic mass is 35.5. The first-order valence-corrected chi connectivity index (χ1v) is 10.9. The van der Waals surface area contributed by atoms with E-state index in [9.17, 15) is 18.5 Å². The average molecular weight is 453 g/mol. The Hall–Kier alpha value is -3.60. The summed E-state index contributed by atoms with van der Waals surface area (Å²) in [5, 5.41) is 12.5. The monoisotopic (exact) mass is 452 g/mol. The molecule has 3 rings (SSSR count). The molecule has 3 aromatic rings. The molecule has 1 N–H and O–H groups in total. The molecule has 31 heavy (non-hydrogen) atoms.